The van der Waals surface area contributed by atoms with E-state index < -0.39 is 0 Å². The topological polar surface area (TPSA) is 37.4 Å². The molecule has 3 nitrogen and oxygen atoms in total. The third-order valence-corrected chi connectivity index (χ3v) is 4.48. The van der Waals surface area contributed by atoms with Gasteiger partial charge in [-0.2, -0.15) is 0 Å². The molecular formula is C25H39NO2. The molecule has 0 rings (SSSR count). The van der Waals surface area contributed by atoms with Crippen LogP contribution < -0.4 is 0 Å². The molecule has 0 N–H and O–H groups in total. The van der Waals surface area contributed by atoms with E-state index in [1.54, 1.807) is 18.9 Å². The van der Waals surface area contributed by atoms with Crippen LogP contribution in [0.5, 0.6) is 0 Å². The van der Waals surface area contributed by atoms with E-state index in [-0.39, 0.29) is 17.7 Å². The second-order valence-electron chi connectivity index (χ2n) is 6.89. The van der Waals surface area contributed by atoms with Gasteiger partial charge < -0.3 is 4.90 Å². The van der Waals surface area contributed by atoms with Crippen molar-refractivity contribution < 1.29 is 9.59 Å². The zero-order valence-corrected chi connectivity index (χ0v) is 18.3. The monoisotopic (exact) mass is 385 g/mol. The largest absolute Gasteiger partial charge is 0.336 e. The van der Waals surface area contributed by atoms with E-state index in [9.17, 15) is 9.59 Å². The van der Waals surface area contributed by atoms with Gasteiger partial charge in [0.15, 0.2) is 5.78 Å². The molecule has 1 amide bonds. The number of rotatable bonds is 15. The number of likely N-dealkylation sites (N-methyl/N-ethyl adjacent to an activating group) is 1. The van der Waals surface area contributed by atoms with Crippen molar-refractivity contribution in [1.29, 1.82) is 0 Å². The van der Waals surface area contributed by atoms with Gasteiger partial charge in [-0.25, -0.2) is 0 Å². The summed E-state index contributed by atoms with van der Waals surface area (Å²) >= 11 is 0. The first-order chi connectivity index (χ1) is 13.5. The average molecular weight is 386 g/mol. The van der Waals surface area contributed by atoms with Gasteiger partial charge in [0.1, 0.15) is 0 Å². The van der Waals surface area contributed by atoms with Gasteiger partial charge in [-0.15, -0.1) is 0 Å². The lowest BCUT2D eigenvalue weighted by Crippen LogP contribution is -2.39. The maximum absolute atomic E-state index is 12.0. The summed E-state index contributed by atoms with van der Waals surface area (Å²) in [5.74, 6) is 0.0590. The number of nitrogens with zero attached hydrogens (tertiary/aromatic N) is 1. The van der Waals surface area contributed by atoms with Crippen LogP contribution in [-0.4, -0.2) is 29.7 Å². The number of allylic oxidation sites excluding steroid dienone is 10. The Kier molecular flexibility index (Phi) is 16.8. The lowest BCUT2D eigenvalue weighted by Gasteiger charge is -2.22. The molecule has 0 spiro atoms. The number of amides is 1. The first-order valence-electron chi connectivity index (χ1n) is 10.5. The summed E-state index contributed by atoms with van der Waals surface area (Å²) in [4.78, 5) is 24.8. The fourth-order valence-electron chi connectivity index (χ4n) is 2.40. The molecule has 156 valence electrons. The van der Waals surface area contributed by atoms with Crippen molar-refractivity contribution in [1.82, 2.24) is 4.90 Å². The van der Waals surface area contributed by atoms with Crippen molar-refractivity contribution in [3.8, 4) is 0 Å². The molecule has 0 aliphatic rings. The van der Waals surface area contributed by atoms with Gasteiger partial charge in [-0.3, -0.25) is 9.59 Å². The Bertz CT molecular complexity index is 567. The number of ketones is 1. The van der Waals surface area contributed by atoms with Crippen LogP contribution in [0.25, 0.3) is 0 Å². The van der Waals surface area contributed by atoms with Crippen molar-refractivity contribution in [2.75, 3.05) is 7.05 Å². The van der Waals surface area contributed by atoms with Gasteiger partial charge in [0, 0.05) is 13.5 Å². The molecule has 1 atom stereocenters. The van der Waals surface area contributed by atoms with Crippen LogP contribution in [0, 0.1) is 0 Å². The Morgan fingerprint density at radius 2 is 1.21 bits per heavy atom. The average Bonchev–Trinajstić information content (AvgIpc) is 2.68. The molecule has 0 heterocycles. The Morgan fingerprint density at radius 1 is 0.786 bits per heavy atom. The highest BCUT2D eigenvalue weighted by Crippen LogP contribution is 2.05. The summed E-state index contributed by atoms with van der Waals surface area (Å²) < 4.78 is 0. The van der Waals surface area contributed by atoms with E-state index in [4.69, 9.17) is 0 Å². The van der Waals surface area contributed by atoms with Crippen LogP contribution in [0.3, 0.4) is 0 Å². The predicted molar refractivity (Wildman–Crippen MR) is 121 cm³/mol. The number of hydrogen-bond acceptors (Lipinski definition) is 2. The summed E-state index contributed by atoms with van der Waals surface area (Å²) in [6, 6.07) is -0.332. The van der Waals surface area contributed by atoms with E-state index in [1.165, 1.54) is 6.92 Å². The molecule has 0 aliphatic heterocycles. The molecule has 0 aromatic rings. The molecule has 0 fully saturated rings. The summed E-state index contributed by atoms with van der Waals surface area (Å²) in [6.45, 7) is 5.43. The quantitative estimate of drug-likeness (QED) is 0.243. The van der Waals surface area contributed by atoms with Crippen molar-refractivity contribution in [3.63, 3.8) is 0 Å². The first-order valence-corrected chi connectivity index (χ1v) is 10.5. The Morgan fingerprint density at radius 3 is 1.64 bits per heavy atom. The molecule has 0 radical (unpaired) electrons. The smallest absolute Gasteiger partial charge is 0.222 e. The standard InChI is InChI=1S/C25H39NO2/c1-5-6-7-8-9-10-11-12-13-14-15-16-17-18-19-20-21-22-25(28)26(4)23(2)24(3)27/h6-7,9-10,12-13,15-16,18-19,23H,5,8,11,14,17,20-22H2,1-4H3/b7-6-,10-9-,13-12-,16-15-,19-18-. The molecule has 3 heteroatoms. The van der Waals surface area contributed by atoms with E-state index >= 15 is 0 Å². The van der Waals surface area contributed by atoms with Crippen LogP contribution >= 0.6 is 0 Å². The second-order valence-corrected chi connectivity index (χ2v) is 6.89. The van der Waals surface area contributed by atoms with E-state index in [0.29, 0.717) is 6.42 Å². The molecular weight excluding hydrogens is 346 g/mol. The van der Waals surface area contributed by atoms with Crippen LogP contribution in [0.4, 0.5) is 0 Å². The van der Waals surface area contributed by atoms with E-state index in [2.05, 4.69) is 67.7 Å². The third-order valence-electron chi connectivity index (χ3n) is 4.48. The highest BCUT2D eigenvalue weighted by molar-refractivity contribution is 5.86. The van der Waals surface area contributed by atoms with E-state index in [0.717, 1.165) is 44.9 Å². The van der Waals surface area contributed by atoms with Crippen LogP contribution in [-0.2, 0) is 9.59 Å². The molecule has 0 aromatic carbocycles. The highest BCUT2D eigenvalue weighted by atomic mass is 16.2. The maximum atomic E-state index is 12.0. The van der Waals surface area contributed by atoms with Crippen molar-refractivity contribution >= 4 is 11.7 Å². The molecule has 0 saturated heterocycles. The maximum Gasteiger partial charge on any atom is 0.222 e. The number of carbonyl (C=O) groups excluding carboxylic acids is 2. The molecule has 1 unspecified atom stereocenters. The molecule has 28 heavy (non-hydrogen) atoms. The van der Waals surface area contributed by atoms with Crippen LogP contribution in [0.15, 0.2) is 60.8 Å². The minimum Gasteiger partial charge on any atom is -0.336 e. The fourth-order valence-corrected chi connectivity index (χ4v) is 2.40. The van der Waals surface area contributed by atoms with Gasteiger partial charge >= 0.3 is 0 Å². The van der Waals surface area contributed by atoms with Gasteiger partial charge in [-0.1, -0.05) is 67.7 Å². The minimum absolute atomic E-state index is 0.0219. The first kappa shape index (κ1) is 25.8. The predicted octanol–water partition coefficient (Wildman–Crippen LogP) is 6.34. The van der Waals surface area contributed by atoms with Crippen molar-refractivity contribution in [2.24, 2.45) is 0 Å². The molecule has 0 bridgehead atoms. The summed E-state index contributed by atoms with van der Waals surface area (Å²) in [5, 5.41) is 0. The van der Waals surface area contributed by atoms with Crippen molar-refractivity contribution in [3.05, 3.63) is 60.8 Å². The second kappa shape index (κ2) is 18.2. The summed E-state index contributed by atoms with van der Waals surface area (Å²) in [6.07, 6.45) is 29.0. The normalized spacial score (nSPS) is 13.6. The lowest BCUT2D eigenvalue weighted by molar-refractivity contribution is -0.136. The van der Waals surface area contributed by atoms with Gasteiger partial charge in [-0.05, 0) is 58.8 Å². The molecule has 0 aliphatic carbocycles. The van der Waals surface area contributed by atoms with Crippen LogP contribution in [0.1, 0.15) is 72.1 Å². The van der Waals surface area contributed by atoms with Crippen molar-refractivity contribution in [2.45, 2.75) is 78.2 Å². The highest BCUT2D eigenvalue weighted by Gasteiger charge is 2.18. The Labute approximate surface area is 172 Å². The third kappa shape index (κ3) is 15.0. The van der Waals surface area contributed by atoms with Gasteiger partial charge in [0.2, 0.25) is 5.91 Å². The fraction of sp³-hybridized carbons (Fsp3) is 0.520. The minimum atomic E-state index is -0.332. The molecule has 0 aromatic heterocycles. The van der Waals surface area contributed by atoms with Gasteiger partial charge in [0.25, 0.3) is 0 Å². The number of unbranched alkanes of at least 4 members (excludes halogenated alkanes) is 1. The summed E-state index contributed by atoms with van der Waals surface area (Å²) in [7, 11) is 1.70. The lowest BCUT2D eigenvalue weighted by atomic mass is 10.1. The summed E-state index contributed by atoms with van der Waals surface area (Å²) in [5.41, 5.74) is 0. The SMILES string of the molecule is CC/C=C\C/C=C\C/C=C\C/C=C\C/C=C\CCCC(=O)N(C)C(C)C(C)=O. The zero-order valence-electron chi connectivity index (χ0n) is 18.3. The number of carbonyl (C=O) groups is 2. The number of Topliss-reactive ketones (excluding diaryl/α,β-unsaturated/α-hetero) is 1. The zero-order chi connectivity index (χ0) is 21.0. The molecule has 0 saturated carbocycles. The Hall–Kier alpha value is -2.16. The Balaban J connectivity index is 3.71. The van der Waals surface area contributed by atoms with Crippen LogP contribution in [0.2, 0.25) is 0 Å². The number of hydrogen-bond donors (Lipinski definition) is 0. The van der Waals surface area contributed by atoms with E-state index in [1.807, 2.05) is 0 Å². The van der Waals surface area contributed by atoms with Gasteiger partial charge in [0.05, 0.1) is 6.04 Å².